The van der Waals surface area contributed by atoms with Gasteiger partial charge in [0.1, 0.15) is 0 Å². The number of nitrogens with two attached hydrogens (primary N) is 1. The average Bonchev–Trinajstić information content (AvgIpc) is 3.23. The second-order valence-electron chi connectivity index (χ2n) is 9.30. The number of hydrogen-bond acceptors (Lipinski definition) is 7. The van der Waals surface area contributed by atoms with Crippen LogP contribution in [-0.2, 0) is 27.3 Å². The first-order valence-corrected chi connectivity index (χ1v) is 12.5. The van der Waals surface area contributed by atoms with Gasteiger partial charge in [0.05, 0.1) is 11.7 Å². The maximum atomic E-state index is 13.1. The number of nitrogens with zero attached hydrogens (tertiary/aromatic N) is 3. The molecule has 2 aliphatic heterocycles. The number of rotatable bonds is 4. The third-order valence-electron chi connectivity index (χ3n) is 6.84. The molecular weight excluding hydrogens is 444 g/mol. The Labute approximate surface area is 197 Å². The zero-order valence-electron chi connectivity index (χ0n) is 19.0. The van der Waals surface area contributed by atoms with Crippen LogP contribution in [0.4, 0.5) is 0 Å². The summed E-state index contributed by atoms with van der Waals surface area (Å²) in [6, 6.07) is -0.961. The quantitative estimate of drug-likeness (QED) is 0.524. The van der Waals surface area contributed by atoms with E-state index in [0.717, 1.165) is 62.4 Å². The molecule has 2 fully saturated rings. The van der Waals surface area contributed by atoms with Gasteiger partial charge < -0.3 is 26.2 Å². The molecular formula is C22H32N6O4S. The predicted molar refractivity (Wildman–Crippen MR) is 122 cm³/mol. The molecule has 3 atom stereocenters. The molecule has 0 unspecified atom stereocenters. The van der Waals surface area contributed by atoms with Crippen LogP contribution in [-0.4, -0.2) is 77.2 Å². The molecule has 4 rings (SSSR count). The lowest BCUT2D eigenvalue weighted by molar-refractivity contribution is -0.139. The van der Waals surface area contributed by atoms with Gasteiger partial charge in [-0.1, -0.05) is 0 Å². The van der Waals surface area contributed by atoms with Gasteiger partial charge in [-0.2, -0.15) is 0 Å². The van der Waals surface area contributed by atoms with Gasteiger partial charge in [0.2, 0.25) is 5.91 Å². The molecule has 180 valence electrons. The van der Waals surface area contributed by atoms with Crippen LogP contribution in [0.1, 0.15) is 58.9 Å². The molecule has 0 radical (unpaired) electrons. The lowest BCUT2D eigenvalue weighted by atomic mass is 9.81. The molecule has 4 N–H and O–H groups in total. The molecule has 4 amide bonds. The van der Waals surface area contributed by atoms with Crippen LogP contribution in [0.2, 0.25) is 0 Å². The van der Waals surface area contributed by atoms with Crippen LogP contribution < -0.4 is 16.4 Å². The second-order valence-corrected chi connectivity index (χ2v) is 10.4. The number of aromatic nitrogens is 1. The van der Waals surface area contributed by atoms with Gasteiger partial charge in [0.25, 0.3) is 5.91 Å². The van der Waals surface area contributed by atoms with Gasteiger partial charge in [0, 0.05) is 49.4 Å². The first kappa shape index (κ1) is 23.6. The van der Waals surface area contributed by atoms with E-state index in [9.17, 15) is 19.2 Å². The highest BCUT2D eigenvalue weighted by molar-refractivity contribution is 7.13. The molecule has 0 bridgehead atoms. The van der Waals surface area contributed by atoms with E-state index in [4.69, 9.17) is 5.73 Å². The van der Waals surface area contributed by atoms with Crippen molar-refractivity contribution < 1.29 is 19.2 Å². The maximum Gasteiger partial charge on any atom is 0.309 e. The Morgan fingerprint density at radius 2 is 1.79 bits per heavy atom. The van der Waals surface area contributed by atoms with E-state index < -0.39 is 23.9 Å². The minimum absolute atomic E-state index is 0.112. The van der Waals surface area contributed by atoms with Crippen molar-refractivity contribution in [1.29, 1.82) is 0 Å². The van der Waals surface area contributed by atoms with Crippen molar-refractivity contribution in [2.45, 2.75) is 63.6 Å². The summed E-state index contributed by atoms with van der Waals surface area (Å²) in [4.78, 5) is 59.1. The Hall–Kier alpha value is -2.53. The molecule has 11 heteroatoms. The number of likely N-dealkylation sites (N-methyl/N-ethyl adjacent to an activating group) is 1. The summed E-state index contributed by atoms with van der Waals surface area (Å²) in [7, 11) is 2.04. The minimum atomic E-state index is -1.07. The molecule has 3 aliphatic rings. The summed E-state index contributed by atoms with van der Waals surface area (Å²) in [5.74, 6) is -2.38. The number of piperidine rings is 1. The molecule has 1 aromatic rings. The highest BCUT2D eigenvalue weighted by atomic mass is 32.1. The summed E-state index contributed by atoms with van der Waals surface area (Å²) < 4.78 is 0. The predicted octanol–water partition coefficient (Wildman–Crippen LogP) is 0.0121. The zero-order chi connectivity index (χ0) is 23.5. The van der Waals surface area contributed by atoms with Gasteiger partial charge in [-0.3, -0.25) is 19.2 Å². The number of primary amides is 1. The normalized spacial score (nSPS) is 25.7. The lowest BCUT2D eigenvalue weighted by Crippen LogP contribution is -2.57. The average molecular weight is 477 g/mol. The Morgan fingerprint density at radius 1 is 1.03 bits per heavy atom. The van der Waals surface area contributed by atoms with E-state index >= 15 is 0 Å². The molecule has 1 aromatic heterocycles. The number of fused-ring (bicyclic) bond motifs is 1. The summed E-state index contributed by atoms with van der Waals surface area (Å²) in [5.41, 5.74) is 6.08. The number of nitrogens with one attached hydrogen (secondary N) is 2. The van der Waals surface area contributed by atoms with Crippen molar-refractivity contribution >= 4 is 35.0 Å². The monoisotopic (exact) mass is 476 g/mol. The van der Waals surface area contributed by atoms with Gasteiger partial charge in [-0.05, 0) is 45.6 Å². The molecule has 0 aromatic carbocycles. The van der Waals surface area contributed by atoms with Crippen LogP contribution in [0, 0.1) is 5.92 Å². The largest absolute Gasteiger partial charge is 0.361 e. The number of amides is 4. The third-order valence-corrected chi connectivity index (χ3v) is 7.92. The van der Waals surface area contributed by atoms with Crippen molar-refractivity contribution in [1.82, 2.24) is 25.4 Å². The van der Waals surface area contributed by atoms with Gasteiger partial charge in [-0.15, -0.1) is 11.3 Å². The molecule has 0 spiro atoms. The first-order valence-electron chi connectivity index (χ1n) is 11.7. The van der Waals surface area contributed by atoms with E-state index in [1.54, 1.807) is 0 Å². The van der Waals surface area contributed by atoms with Gasteiger partial charge in [0.15, 0.2) is 5.01 Å². The third kappa shape index (κ3) is 5.52. The van der Waals surface area contributed by atoms with E-state index in [1.165, 1.54) is 11.3 Å². The smallest absolute Gasteiger partial charge is 0.309 e. The van der Waals surface area contributed by atoms with Gasteiger partial charge >= 0.3 is 11.8 Å². The summed E-state index contributed by atoms with van der Waals surface area (Å²) in [5, 5.41) is 6.03. The number of hydrogen-bond donors (Lipinski definition) is 3. The van der Waals surface area contributed by atoms with E-state index in [0.29, 0.717) is 24.3 Å². The maximum absolute atomic E-state index is 13.1. The SMILES string of the molecule is CN1CCc2nc(C(=O)N[C@@H]3C[C@@H](C(=O)N4CCCCC4)CC[C@@H]3NC(=O)C(N)=O)sc2C1. The molecule has 33 heavy (non-hydrogen) atoms. The van der Waals surface area contributed by atoms with E-state index in [1.807, 2.05) is 11.9 Å². The van der Waals surface area contributed by atoms with Crippen LogP contribution in [0.15, 0.2) is 0 Å². The highest BCUT2D eigenvalue weighted by Crippen LogP contribution is 2.29. The number of carbonyl (C=O) groups is 4. The van der Waals surface area contributed by atoms with Crippen molar-refractivity contribution in [3.8, 4) is 0 Å². The minimum Gasteiger partial charge on any atom is -0.361 e. The molecule has 1 aliphatic carbocycles. The lowest BCUT2D eigenvalue weighted by Gasteiger charge is -2.38. The van der Waals surface area contributed by atoms with Crippen molar-refractivity contribution in [2.24, 2.45) is 11.7 Å². The Balaban J connectivity index is 1.47. The Morgan fingerprint density at radius 3 is 2.52 bits per heavy atom. The first-order chi connectivity index (χ1) is 15.8. The van der Waals surface area contributed by atoms with E-state index in [2.05, 4.69) is 20.5 Å². The molecule has 10 nitrogen and oxygen atoms in total. The zero-order valence-corrected chi connectivity index (χ0v) is 19.8. The van der Waals surface area contributed by atoms with Crippen LogP contribution in [0.3, 0.4) is 0 Å². The van der Waals surface area contributed by atoms with E-state index in [-0.39, 0.29) is 17.7 Å². The van der Waals surface area contributed by atoms with Crippen molar-refractivity contribution in [2.75, 3.05) is 26.7 Å². The Kier molecular flexibility index (Phi) is 7.28. The number of likely N-dealkylation sites (tertiary alicyclic amines) is 1. The van der Waals surface area contributed by atoms with Crippen LogP contribution in [0.25, 0.3) is 0 Å². The van der Waals surface area contributed by atoms with Crippen LogP contribution in [0.5, 0.6) is 0 Å². The summed E-state index contributed by atoms with van der Waals surface area (Å²) >= 11 is 1.38. The fraction of sp³-hybridized carbons (Fsp3) is 0.682. The van der Waals surface area contributed by atoms with Crippen molar-refractivity contribution in [3.05, 3.63) is 15.6 Å². The van der Waals surface area contributed by atoms with Crippen LogP contribution >= 0.6 is 11.3 Å². The molecule has 1 saturated heterocycles. The topological polar surface area (TPSA) is 138 Å². The number of carbonyl (C=O) groups excluding carboxylic acids is 4. The van der Waals surface area contributed by atoms with Gasteiger partial charge in [-0.25, -0.2) is 4.98 Å². The summed E-state index contributed by atoms with van der Waals surface area (Å²) in [6.07, 6.45) is 5.44. The summed E-state index contributed by atoms with van der Waals surface area (Å²) in [6.45, 7) is 3.22. The van der Waals surface area contributed by atoms with Crippen molar-refractivity contribution in [3.63, 3.8) is 0 Å². The molecule has 1 saturated carbocycles. The fourth-order valence-electron chi connectivity index (χ4n) is 4.99. The number of thiazole rings is 1. The Bertz CT molecular complexity index is 928. The standard InChI is InChI=1S/C22H32N6O4S/c1-27-10-7-15-17(12-27)33-21(26-15)20(31)25-16-11-13(22(32)28-8-3-2-4-9-28)5-6-14(16)24-19(30)18(23)29/h13-14,16H,2-12H2,1H3,(H2,23,29)(H,24,30)(H,25,31)/t13-,14-,16+/m0/s1. The molecule has 3 heterocycles. The second kappa shape index (κ2) is 10.2. The highest BCUT2D eigenvalue weighted by Gasteiger charge is 2.38. The fourth-order valence-corrected chi connectivity index (χ4v) is 6.08.